The first-order valence-electron chi connectivity index (χ1n) is 16.3. The normalized spacial score (nSPS) is 38.5. The smallest absolute Gasteiger partial charge is 0.311 e. The third kappa shape index (κ3) is 18.6. The van der Waals surface area contributed by atoms with Gasteiger partial charge in [-0.25, -0.2) is 0 Å². The number of hydrogen-bond acceptors (Lipinski definition) is 10. The Morgan fingerprint density at radius 2 is 1.16 bits per heavy atom. The molecule has 0 bridgehead atoms. The van der Waals surface area contributed by atoms with E-state index in [1.165, 1.54) is 6.08 Å². The van der Waals surface area contributed by atoms with Gasteiger partial charge in [-0.1, -0.05) is 87.3 Å². The van der Waals surface area contributed by atoms with Crippen LogP contribution in [0.2, 0.25) is 0 Å². The summed E-state index contributed by atoms with van der Waals surface area (Å²) in [5.41, 5.74) is 0.623. The van der Waals surface area contributed by atoms with E-state index in [-0.39, 0.29) is 38.5 Å². The van der Waals surface area contributed by atoms with Gasteiger partial charge < -0.3 is 45.6 Å². The number of carbonyl (C=O) groups is 1. The zero-order chi connectivity index (χ0) is 33.8. The molecule has 1 aliphatic rings. The van der Waals surface area contributed by atoms with Crippen molar-refractivity contribution < 1.29 is 50.4 Å². The largest absolute Gasteiger partial charge is 0.459 e. The number of rotatable bonds is 5. The van der Waals surface area contributed by atoms with Gasteiger partial charge in [0.1, 0.15) is 12.2 Å². The molecule has 8 N–H and O–H groups in total. The van der Waals surface area contributed by atoms with Gasteiger partial charge in [0.05, 0.1) is 48.6 Å². The van der Waals surface area contributed by atoms with Crippen molar-refractivity contribution in [2.24, 2.45) is 5.92 Å². The highest BCUT2D eigenvalue weighted by atomic mass is 16.6. The number of aliphatic hydroxyl groups is 8. The topological polar surface area (TPSA) is 188 Å². The van der Waals surface area contributed by atoms with E-state index in [0.717, 1.165) is 19.3 Å². The Labute approximate surface area is 268 Å². The molecule has 0 saturated carbocycles. The molecule has 0 amide bonds. The highest BCUT2D eigenvalue weighted by molar-refractivity contribution is 5.73. The molecule has 1 aliphatic heterocycles. The quantitative estimate of drug-likeness (QED) is 0.164. The van der Waals surface area contributed by atoms with Gasteiger partial charge in [0.25, 0.3) is 0 Å². The molecule has 10 nitrogen and oxygen atoms in total. The molecule has 0 radical (unpaired) electrons. The van der Waals surface area contributed by atoms with Gasteiger partial charge in [-0.3, -0.25) is 4.79 Å². The third-order valence-electron chi connectivity index (χ3n) is 7.96. The minimum absolute atomic E-state index is 0.00297. The fourth-order valence-electron chi connectivity index (χ4n) is 5.20. The third-order valence-corrected chi connectivity index (χ3v) is 7.96. The van der Waals surface area contributed by atoms with Crippen LogP contribution >= 0.6 is 0 Å². The van der Waals surface area contributed by atoms with E-state index in [2.05, 4.69) is 6.92 Å². The zero-order valence-electron chi connectivity index (χ0n) is 27.1. The van der Waals surface area contributed by atoms with Crippen LogP contribution in [-0.2, 0) is 9.53 Å². The summed E-state index contributed by atoms with van der Waals surface area (Å²) in [5, 5.41) is 83.9. The molecule has 0 aromatic carbocycles. The van der Waals surface area contributed by atoms with Crippen LogP contribution < -0.4 is 0 Å². The number of esters is 1. The lowest BCUT2D eigenvalue weighted by molar-refractivity contribution is -0.162. The van der Waals surface area contributed by atoms with Gasteiger partial charge >= 0.3 is 5.97 Å². The molecule has 10 heteroatoms. The fraction of sp³-hybridized carbons (Fsp3) is 0.686. The summed E-state index contributed by atoms with van der Waals surface area (Å²) in [6.45, 7) is 5.34. The maximum atomic E-state index is 13.1. The summed E-state index contributed by atoms with van der Waals surface area (Å²) in [4.78, 5) is 13.1. The Bertz CT molecular complexity index is 958. The van der Waals surface area contributed by atoms with Crippen molar-refractivity contribution >= 4 is 5.97 Å². The lowest BCUT2D eigenvalue weighted by Gasteiger charge is -2.27. The summed E-state index contributed by atoms with van der Waals surface area (Å²) in [6.07, 6.45) is 8.77. The predicted octanol–water partition coefficient (Wildman–Crippen LogP) is 2.92. The number of carbonyl (C=O) groups excluding carboxylic acids is 1. The minimum atomic E-state index is -1.25. The van der Waals surface area contributed by atoms with Gasteiger partial charge in [0.15, 0.2) is 0 Å². The van der Waals surface area contributed by atoms with Crippen molar-refractivity contribution in [1.29, 1.82) is 0 Å². The van der Waals surface area contributed by atoms with E-state index in [0.29, 0.717) is 18.4 Å². The molecule has 1 rings (SSSR count). The molecule has 45 heavy (non-hydrogen) atoms. The highest BCUT2D eigenvalue weighted by Crippen LogP contribution is 2.23. The molecular formula is C35H58O10. The number of ether oxygens (including phenoxy) is 1. The van der Waals surface area contributed by atoms with Crippen LogP contribution in [0.3, 0.4) is 0 Å². The first-order valence-corrected chi connectivity index (χ1v) is 16.3. The molecular weight excluding hydrogens is 580 g/mol. The Morgan fingerprint density at radius 1 is 0.667 bits per heavy atom. The second kappa shape index (κ2) is 23.2. The fourth-order valence-corrected chi connectivity index (χ4v) is 5.20. The van der Waals surface area contributed by atoms with E-state index < -0.39 is 66.8 Å². The number of unbranched alkanes of at least 4 members (excludes halogenated alkanes) is 3. The van der Waals surface area contributed by atoms with Gasteiger partial charge in [-0.15, -0.1) is 0 Å². The van der Waals surface area contributed by atoms with Crippen LogP contribution in [0.5, 0.6) is 0 Å². The molecule has 0 spiro atoms. The molecule has 258 valence electrons. The van der Waals surface area contributed by atoms with E-state index >= 15 is 0 Å². The van der Waals surface area contributed by atoms with E-state index in [9.17, 15) is 45.6 Å². The summed E-state index contributed by atoms with van der Waals surface area (Å²) >= 11 is 0. The molecule has 0 aromatic rings. The number of cyclic esters (lactones) is 1. The van der Waals surface area contributed by atoms with Crippen LogP contribution in [0.1, 0.15) is 91.4 Å². The minimum Gasteiger partial charge on any atom is -0.459 e. The lowest BCUT2D eigenvalue weighted by atomic mass is 9.90. The predicted molar refractivity (Wildman–Crippen MR) is 174 cm³/mol. The number of aliphatic hydroxyl groups excluding tert-OH is 8. The van der Waals surface area contributed by atoms with Crippen molar-refractivity contribution in [1.82, 2.24) is 0 Å². The molecule has 0 saturated heterocycles. The van der Waals surface area contributed by atoms with Crippen LogP contribution in [0.15, 0.2) is 60.3 Å². The first-order chi connectivity index (χ1) is 21.3. The van der Waals surface area contributed by atoms with E-state index in [1.807, 2.05) is 0 Å². The summed E-state index contributed by atoms with van der Waals surface area (Å²) in [5.74, 6) is -1.60. The van der Waals surface area contributed by atoms with Crippen molar-refractivity contribution in [2.75, 3.05) is 0 Å². The standard InChI is InChI=1S/C35H58O10/c1-4-5-6-13-16-31-34(43)23-30(40)21-28(38)19-26(36)18-27(37)20-29(39)22-33(42)24(2)15-12-10-8-7-9-11-14-17-32(41)25(3)45-35(31)44/h7-12,14-15,17,25-34,36-43H,4-6,13,16,18-23H2,1-3H3/b8-7+,11-9+,12-10+,17-14+,24-15-. The Balaban J connectivity index is 3.08. The van der Waals surface area contributed by atoms with Crippen molar-refractivity contribution in [3.05, 3.63) is 60.3 Å². The second-order valence-corrected chi connectivity index (χ2v) is 12.3. The average molecular weight is 639 g/mol. The molecule has 10 atom stereocenters. The Kier molecular flexibility index (Phi) is 21.1. The summed E-state index contributed by atoms with van der Waals surface area (Å²) in [7, 11) is 0. The highest BCUT2D eigenvalue weighted by Gasteiger charge is 2.32. The molecule has 0 aliphatic carbocycles. The number of hydrogen-bond donors (Lipinski definition) is 8. The van der Waals surface area contributed by atoms with Gasteiger partial charge in [-0.05, 0) is 51.5 Å². The Morgan fingerprint density at radius 3 is 1.71 bits per heavy atom. The maximum absolute atomic E-state index is 13.1. The van der Waals surface area contributed by atoms with Crippen LogP contribution in [-0.4, -0.2) is 102 Å². The van der Waals surface area contributed by atoms with Gasteiger partial charge in [-0.2, -0.15) is 0 Å². The van der Waals surface area contributed by atoms with Crippen molar-refractivity contribution in [2.45, 2.75) is 146 Å². The van der Waals surface area contributed by atoms with Gasteiger partial charge in [0.2, 0.25) is 0 Å². The first kappa shape index (κ1) is 40.9. The van der Waals surface area contributed by atoms with E-state index in [1.54, 1.807) is 62.5 Å². The van der Waals surface area contributed by atoms with Crippen LogP contribution in [0.4, 0.5) is 0 Å². The monoisotopic (exact) mass is 638 g/mol. The SMILES string of the molecule is CCCCCCC1C(=O)OC(C)C(O)/C=C/C=C/C=C/C=C/C=C(/C)C(O)CC(O)CC(O)CC(O)CC(O)CC(O)CC1O. The van der Waals surface area contributed by atoms with Crippen molar-refractivity contribution in [3.63, 3.8) is 0 Å². The van der Waals surface area contributed by atoms with E-state index in [4.69, 9.17) is 4.74 Å². The van der Waals surface area contributed by atoms with Gasteiger partial charge in [0, 0.05) is 12.8 Å². The zero-order valence-corrected chi connectivity index (χ0v) is 27.1. The summed E-state index contributed by atoms with van der Waals surface area (Å²) in [6, 6.07) is 0. The number of allylic oxidation sites excluding steroid dienone is 8. The lowest BCUT2D eigenvalue weighted by Crippen LogP contribution is -2.37. The maximum Gasteiger partial charge on any atom is 0.311 e. The molecule has 10 unspecified atom stereocenters. The average Bonchev–Trinajstić information content (AvgIpc) is 2.94. The van der Waals surface area contributed by atoms with Crippen molar-refractivity contribution in [3.8, 4) is 0 Å². The molecule has 1 heterocycles. The Hall–Kier alpha value is -2.15. The van der Waals surface area contributed by atoms with Crippen LogP contribution in [0, 0.1) is 5.92 Å². The summed E-state index contributed by atoms with van der Waals surface area (Å²) < 4.78 is 5.51. The molecule has 0 fully saturated rings. The van der Waals surface area contributed by atoms with Crippen LogP contribution in [0.25, 0.3) is 0 Å². The molecule has 0 aromatic heterocycles. The second-order valence-electron chi connectivity index (χ2n) is 12.3.